The van der Waals surface area contributed by atoms with Gasteiger partial charge in [0.1, 0.15) is 5.82 Å². The number of pyridine rings is 1. The summed E-state index contributed by atoms with van der Waals surface area (Å²) in [4.78, 5) is 27.2. The van der Waals surface area contributed by atoms with Gasteiger partial charge >= 0.3 is 0 Å². The molecule has 20 heavy (non-hydrogen) atoms. The topological polar surface area (TPSA) is 71.1 Å². The maximum Gasteiger partial charge on any atom is 0.229 e. The van der Waals surface area contributed by atoms with Crippen LogP contribution in [0.5, 0.6) is 0 Å². The van der Waals surface area contributed by atoms with Gasteiger partial charge in [0.2, 0.25) is 11.8 Å². The van der Waals surface area contributed by atoms with Crippen LogP contribution in [0.25, 0.3) is 0 Å². The van der Waals surface area contributed by atoms with Gasteiger partial charge in [-0.1, -0.05) is 18.2 Å². The van der Waals surface area contributed by atoms with Crippen LogP contribution in [0.15, 0.2) is 42.6 Å². The quantitative estimate of drug-likeness (QED) is 0.890. The molecule has 2 aromatic rings. The summed E-state index contributed by atoms with van der Waals surface area (Å²) in [5.41, 5.74) is 2.66. The van der Waals surface area contributed by atoms with Crippen LogP contribution in [0.2, 0.25) is 0 Å². The van der Waals surface area contributed by atoms with Crippen LogP contribution in [0, 0.1) is 0 Å². The molecule has 0 saturated heterocycles. The molecule has 0 spiro atoms. The van der Waals surface area contributed by atoms with E-state index in [0.29, 0.717) is 12.2 Å². The first-order chi connectivity index (χ1) is 9.70. The Bertz CT molecular complexity index is 668. The maximum atomic E-state index is 11.9. The molecule has 0 unspecified atom stereocenters. The highest BCUT2D eigenvalue weighted by Gasteiger charge is 2.17. The second-order valence-corrected chi connectivity index (χ2v) is 4.66. The van der Waals surface area contributed by atoms with Gasteiger partial charge in [-0.15, -0.1) is 0 Å². The molecule has 2 N–H and O–H groups in total. The molecule has 0 bridgehead atoms. The average molecular weight is 267 g/mol. The van der Waals surface area contributed by atoms with E-state index in [-0.39, 0.29) is 18.2 Å². The lowest BCUT2D eigenvalue weighted by molar-refractivity contribution is -0.116. The van der Waals surface area contributed by atoms with Gasteiger partial charge in [-0.05, 0) is 29.3 Å². The molecular formula is C15H13N3O2. The van der Waals surface area contributed by atoms with E-state index in [0.717, 1.165) is 16.8 Å². The molecule has 3 rings (SSSR count). The van der Waals surface area contributed by atoms with Crippen LogP contribution in [0.3, 0.4) is 0 Å². The highest BCUT2D eigenvalue weighted by molar-refractivity contribution is 5.99. The zero-order valence-electron chi connectivity index (χ0n) is 10.7. The number of benzene rings is 1. The largest absolute Gasteiger partial charge is 0.326 e. The first-order valence-corrected chi connectivity index (χ1v) is 6.33. The zero-order chi connectivity index (χ0) is 13.9. The van der Waals surface area contributed by atoms with Gasteiger partial charge in [0.15, 0.2) is 0 Å². The molecule has 1 aromatic carbocycles. The number of hydrogen-bond donors (Lipinski definition) is 2. The zero-order valence-corrected chi connectivity index (χ0v) is 10.7. The SMILES string of the molecule is O=C(Cc1ccc2c(c1)CC(=O)N2)Nc1ccccn1. The lowest BCUT2D eigenvalue weighted by atomic mass is 10.1. The number of anilines is 2. The Kier molecular flexibility index (Phi) is 3.16. The molecule has 0 fully saturated rings. The Morgan fingerprint density at radius 2 is 2.20 bits per heavy atom. The maximum absolute atomic E-state index is 11.9. The number of nitrogens with zero attached hydrogens (tertiary/aromatic N) is 1. The van der Waals surface area contributed by atoms with Crippen LogP contribution in [-0.4, -0.2) is 16.8 Å². The Hall–Kier alpha value is -2.69. The summed E-state index contributed by atoms with van der Waals surface area (Å²) in [7, 11) is 0. The van der Waals surface area contributed by atoms with Gasteiger partial charge < -0.3 is 10.6 Å². The summed E-state index contributed by atoms with van der Waals surface area (Å²) in [6.45, 7) is 0. The summed E-state index contributed by atoms with van der Waals surface area (Å²) in [6.07, 6.45) is 2.27. The van der Waals surface area contributed by atoms with Crippen LogP contribution < -0.4 is 10.6 Å². The van der Waals surface area contributed by atoms with Crippen molar-refractivity contribution in [3.63, 3.8) is 0 Å². The number of fused-ring (bicyclic) bond motifs is 1. The summed E-state index contributed by atoms with van der Waals surface area (Å²) in [5, 5.41) is 5.50. The summed E-state index contributed by atoms with van der Waals surface area (Å²) < 4.78 is 0. The number of nitrogens with one attached hydrogen (secondary N) is 2. The van der Waals surface area contributed by atoms with Crippen molar-refractivity contribution in [3.8, 4) is 0 Å². The Labute approximate surface area is 116 Å². The first-order valence-electron chi connectivity index (χ1n) is 6.33. The van der Waals surface area contributed by atoms with Crippen LogP contribution in [-0.2, 0) is 22.4 Å². The van der Waals surface area contributed by atoms with Crippen molar-refractivity contribution in [3.05, 3.63) is 53.7 Å². The second kappa shape index (κ2) is 5.13. The van der Waals surface area contributed by atoms with Crippen molar-refractivity contribution in [2.75, 3.05) is 10.6 Å². The van der Waals surface area contributed by atoms with E-state index in [9.17, 15) is 9.59 Å². The van der Waals surface area contributed by atoms with E-state index >= 15 is 0 Å². The molecule has 2 heterocycles. The first kappa shape index (κ1) is 12.3. The van der Waals surface area contributed by atoms with Gasteiger partial charge in [-0.2, -0.15) is 0 Å². The Morgan fingerprint density at radius 3 is 3.00 bits per heavy atom. The molecule has 0 saturated carbocycles. The molecule has 1 aliphatic rings. The minimum Gasteiger partial charge on any atom is -0.326 e. The Balaban J connectivity index is 1.68. The molecule has 5 nitrogen and oxygen atoms in total. The molecule has 5 heteroatoms. The number of amides is 2. The number of rotatable bonds is 3. The third-order valence-corrected chi connectivity index (χ3v) is 3.09. The molecule has 100 valence electrons. The van der Waals surface area contributed by atoms with Gasteiger partial charge in [0.05, 0.1) is 12.8 Å². The van der Waals surface area contributed by atoms with Crippen LogP contribution >= 0.6 is 0 Å². The van der Waals surface area contributed by atoms with Crippen molar-refractivity contribution in [2.45, 2.75) is 12.8 Å². The van der Waals surface area contributed by atoms with Gasteiger partial charge in [-0.3, -0.25) is 9.59 Å². The molecule has 1 aliphatic heterocycles. The van der Waals surface area contributed by atoms with Crippen LogP contribution in [0.1, 0.15) is 11.1 Å². The van der Waals surface area contributed by atoms with E-state index in [1.54, 1.807) is 18.3 Å². The standard InChI is InChI=1S/C15H13N3O2/c19-14(18-13-3-1-2-6-16-13)8-10-4-5-12-11(7-10)9-15(20)17-12/h1-7H,8-9H2,(H,17,20)(H,16,18,19). The number of carbonyl (C=O) groups excluding carboxylic acids is 2. The predicted octanol–water partition coefficient (Wildman–Crippen LogP) is 1.76. The summed E-state index contributed by atoms with van der Waals surface area (Å²) in [5.74, 6) is 0.409. The number of carbonyl (C=O) groups is 2. The molecular weight excluding hydrogens is 254 g/mol. The fourth-order valence-electron chi connectivity index (χ4n) is 2.20. The predicted molar refractivity (Wildman–Crippen MR) is 75.3 cm³/mol. The molecule has 0 radical (unpaired) electrons. The molecule has 0 aliphatic carbocycles. The highest BCUT2D eigenvalue weighted by atomic mass is 16.2. The van der Waals surface area contributed by atoms with Crippen molar-refractivity contribution in [1.29, 1.82) is 0 Å². The summed E-state index contributed by atoms with van der Waals surface area (Å²) >= 11 is 0. The van der Waals surface area contributed by atoms with E-state index < -0.39 is 0 Å². The highest BCUT2D eigenvalue weighted by Crippen LogP contribution is 2.24. The minimum absolute atomic E-state index is 0.00455. The molecule has 0 atom stereocenters. The lowest BCUT2D eigenvalue weighted by Gasteiger charge is -2.05. The van der Waals surface area contributed by atoms with E-state index in [1.165, 1.54) is 0 Å². The smallest absolute Gasteiger partial charge is 0.229 e. The van der Waals surface area contributed by atoms with Crippen molar-refractivity contribution in [2.24, 2.45) is 0 Å². The fourth-order valence-corrected chi connectivity index (χ4v) is 2.20. The Morgan fingerprint density at radius 1 is 1.30 bits per heavy atom. The fraction of sp³-hybridized carbons (Fsp3) is 0.133. The molecule has 2 amide bonds. The van der Waals surface area contributed by atoms with Gasteiger partial charge in [0, 0.05) is 11.9 Å². The number of hydrogen-bond acceptors (Lipinski definition) is 3. The van der Waals surface area contributed by atoms with Crippen molar-refractivity contribution >= 4 is 23.3 Å². The third-order valence-electron chi connectivity index (χ3n) is 3.09. The van der Waals surface area contributed by atoms with Crippen molar-refractivity contribution in [1.82, 2.24) is 4.98 Å². The third kappa shape index (κ3) is 2.66. The number of aromatic nitrogens is 1. The van der Waals surface area contributed by atoms with E-state index in [2.05, 4.69) is 15.6 Å². The van der Waals surface area contributed by atoms with Gasteiger partial charge in [0.25, 0.3) is 0 Å². The van der Waals surface area contributed by atoms with Gasteiger partial charge in [-0.25, -0.2) is 4.98 Å². The minimum atomic E-state index is -0.124. The average Bonchev–Trinajstić information content (AvgIpc) is 2.79. The van der Waals surface area contributed by atoms with Crippen LogP contribution in [0.4, 0.5) is 11.5 Å². The molecule has 1 aromatic heterocycles. The lowest BCUT2D eigenvalue weighted by Crippen LogP contribution is -2.15. The normalized spacial score (nSPS) is 12.7. The monoisotopic (exact) mass is 267 g/mol. The summed E-state index contributed by atoms with van der Waals surface area (Å²) in [6, 6.07) is 10.9. The van der Waals surface area contributed by atoms with E-state index in [4.69, 9.17) is 0 Å². The van der Waals surface area contributed by atoms with Crippen molar-refractivity contribution < 1.29 is 9.59 Å². The second-order valence-electron chi connectivity index (χ2n) is 4.66. The van der Waals surface area contributed by atoms with E-state index in [1.807, 2.05) is 24.3 Å².